The number of hydrogen-bond donors (Lipinski definition) is 2. The molecule has 0 bridgehead atoms. The molecular formula is C16H18Cl2N2O. The van der Waals surface area contributed by atoms with Crippen LogP contribution in [-0.2, 0) is 0 Å². The molecule has 0 fully saturated rings. The second kappa shape index (κ2) is 6.67. The van der Waals surface area contributed by atoms with Crippen LogP contribution < -0.4 is 16.0 Å². The molecule has 0 amide bonds. The summed E-state index contributed by atoms with van der Waals surface area (Å²) in [7, 11) is 1.65. The molecule has 1 unspecified atom stereocenters. The van der Waals surface area contributed by atoms with E-state index in [1.807, 2.05) is 32.0 Å². The van der Waals surface area contributed by atoms with Crippen LogP contribution in [-0.4, -0.2) is 7.11 Å². The third-order valence-corrected chi connectivity index (χ3v) is 4.24. The van der Waals surface area contributed by atoms with Crippen molar-refractivity contribution in [1.82, 2.24) is 5.43 Å². The van der Waals surface area contributed by atoms with Crippen molar-refractivity contribution in [2.75, 3.05) is 7.11 Å². The van der Waals surface area contributed by atoms with Gasteiger partial charge in [-0.15, -0.1) is 0 Å². The third kappa shape index (κ3) is 3.16. The maximum Gasteiger partial charge on any atom is 0.127 e. The zero-order valence-electron chi connectivity index (χ0n) is 12.2. The number of hydrogen-bond acceptors (Lipinski definition) is 3. The van der Waals surface area contributed by atoms with Crippen molar-refractivity contribution in [3.63, 3.8) is 0 Å². The monoisotopic (exact) mass is 324 g/mol. The Kier molecular flexibility index (Phi) is 5.12. The molecule has 0 aliphatic heterocycles. The van der Waals surface area contributed by atoms with Gasteiger partial charge in [-0.2, -0.15) is 0 Å². The first-order chi connectivity index (χ1) is 9.99. The fourth-order valence-corrected chi connectivity index (χ4v) is 2.80. The molecule has 0 aliphatic rings. The van der Waals surface area contributed by atoms with Crippen LogP contribution in [0.3, 0.4) is 0 Å². The van der Waals surface area contributed by atoms with Gasteiger partial charge in [0.05, 0.1) is 13.2 Å². The molecule has 2 rings (SSSR count). The molecule has 3 nitrogen and oxygen atoms in total. The number of halogens is 2. The number of nitrogens with one attached hydrogen (secondary N) is 1. The van der Waals surface area contributed by atoms with E-state index in [9.17, 15) is 0 Å². The molecule has 2 aromatic carbocycles. The van der Waals surface area contributed by atoms with Crippen molar-refractivity contribution >= 4 is 23.2 Å². The van der Waals surface area contributed by atoms with Gasteiger partial charge in [0.1, 0.15) is 5.75 Å². The molecule has 21 heavy (non-hydrogen) atoms. The third-order valence-electron chi connectivity index (χ3n) is 3.66. The molecule has 112 valence electrons. The Bertz CT molecular complexity index is 659. The van der Waals surface area contributed by atoms with E-state index in [-0.39, 0.29) is 6.04 Å². The lowest BCUT2D eigenvalue weighted by atomic mass is 9.94. The lowest BCUT2D eigenvalue weighted by Gasteiger charge is -2.22. The van der Waals surface area contributed by atoms with E-state index >= 15 is 0 Å². The molecule has 0 saturated carbocycles. The van der Waals surface area contributed by atoms with E-state index in [0.717, 1.165) is 28.0 Å². The standard InChI is InChI=1S/C16H18Cl2N2O/c1-9-4-6-12(16(21-3)10(9)2)15(20-19)13-8-11(17)5-7-14(13)18/h4-8,15,20H,19H2,1-3H3. The summed E-state index contributed by atoms with van der Waals surface area (Å²) in [6.45, 7) is 4.06. The maximum atomic E-state index is 6.29. The van der Waals surface area contributed by atoms with Crippen molar-refractivity contribution in [3.05, 3.63) is 62.6 Å². The molecule has 0 aromatic heterocycles. The van der Waals surface area contributed by atoms with Gasteiger partial charge >= 0.3 is 0 Å². The summed E-state index contributed by atoms with van der Waals surface area (Å²) in [5.41, 5.74) is 6.77. The van der Waals surface area contributed by atoms with E-state index in [4.69, 9.17) is 33.8 Å². The summed E-state index contributed by atoms with van der Waals surface area (Å²) in [6, 6.07) is 9.04. The first kappa shape index (κ1) is 16.1. The van der Waals surface area contributed by atoms with E-state index in [1.165, 1.54) is 0 Å². The normalized spacial score (nSPS) is 12.3. The van der Waals surface area contributed by atoms with Gasteiger partial charge in [-0.1, -0.05) is 35.3 Å². The Labute approximate surface area is 135 Å². The van der Waals surface area contributed by atoms with Crippen molar-refractivity contribution in [1.29, 1.82) is 0 Å². The van der Waals surface area contributed by atoms with E-state index < -0.39 is 0 Å². The van der Waals surface area contributed by atoms with Gasteiger partial charge in [-0.25, -0.2) is 5.43 Å². The lowest BCUT2D eigenvalue weighted by Crippen LogP contribution is -2.29. The Morgan fingerprint density at radius 3 is 2.43 bits per heavy atom. The number of hydrazine groups is 1. The predicted molar refractivity (Wildman–Crippen MR) is 88.1 cm³/mol. The van der Waals surface area contributed by atoms with Crippen molar-refractivity contribution in [3.8, 4) is 5.75 Å². The minimum atomic E-state index is -0.301. The smallest absolute Gasteiger partial charge is 0.127 e. The van der Waals surface area contributed by atoms with Crippen LogP contribution in [0.1, 0.15) is 28.3 Å². The van der Waals surface area contributed by atoms with Crippen LogP contribution in [0.4, 0.5) is 0 Å². The largest absolute Gasteiger partial charge is 0.496 e. The number of ether oxygens (including phenoxy) is 1. The van der Waals surface area contributed by atoms with Gasteiger partial charge in [0.25, 0.3) is 0 Å². The summed E-state index contributed by atoms with van der Waals surface area (Å²) in [5.74, 6) is 6.56. The Morgan fingerprint density at radius 2 is 1.81 bits per heavy atom. The highest BCUT2D eigenvalue weighted by Crippen LogP contribution is 2.37. The number of rotatable bonds is 4. The fraction of sp³-hybridized carbons (Fsp3) is 0.250. The summed E-state index contributed by atoms with van der Waals surface area (Å²) < 4.78 is 5.56. The van der Waals surface area contributed by atoms with Gasteiger partial charge in [-0.05, 0) is 48.7 Å². The van der Waals surface area contributed by atoms with Crippen molar-refractivity contribution in [2.24, 2.45) is 5.84 Å². The molecule has 5 heteroatoms. The van der Waals surface area contributed by atoms with Gasteiger partial charge < -0.3 is 4.74 Å². The average molecular weight is 325 g/mol. The predicted octanol–water partition coefficient (Wildman–Crippen LogP) is 4.17. The minimum Gasteiger partial charge on any atom is -0.496 e. The summed E-state index contributed by atoms with van der Waals surface area (Å²) in [5, 5.41) is 1.21. The number of methoxy groups -OCH3 is 1. The van der Waals surface area contributed by atoms with E-state index in [1.54, 1.807) is 19.2 Å². The first-order valence-electron chi connectivity index (χ1n) is 6.54. The highest BCUT2D eigenvalue weighted by molar-refractivity contribution is 6.33. The Balaban J connectivity index is 2.62. The van der Waals surface area contributed by atoms with Gasteiger partial charge in [-0.3, -0.25) is 5.84 Å². The zero-order valence-corrected chi connectivity index (χ0v) is 13.7. The molecule has 0 aliphatic carbocycles. The van der Waals surface area contributed by atoms with E-state index in [0.29, 0.717) is 10.0 Å². The highest BCUT2D eigenvalue weighted by atomic mass is 35.5. The molecular weight excluding hydrogens is 307 g/mol. The van der Waals surface area contributed by atoms with Crippen molar-refractivity contribution in [2.45, 2.75) is 19.9 Å². The summed E-state index contributed by atoms with van der Waals surface area (Å²) in [6.07, 6.45) is 0. The molecule has 0 radical (unpaired) electrons. The van der Waals surface area contributed by atoms with Gasteiger partial charge in [0.15, 0.2) is 0 Å². The van der Waals surface area contributed by atoms with Crippen LogP contribution in [0.5, 0.6) is 5.75 Å². The lowest BCUT2D eigenvalue weighted by molar-refractivity contribution is 0.401. The molecule has 2 aromatic rings. The van der Waals surface area contributed by atoms with E-state index in [2.05, 4.69) is 5.43 Å². The number of benzene rings is 2. The average Bonchev–Trinajstić information content (AvgIpc) is 2.47. The SMILES string of the molecule is COc1c(C(NN)c2cc(Cl)ccc2Cl)ccc(C)c1C. The molecule has 3 N–H and O–H groups in total. The Morgan fingerprint density at radius 1 is 1.10 bits per heavy atom. The second-order valence-corrected chi connectivity index (χ2v) is 5.74. The first-order valence-corrected chi connectivity index (χ1v) is 7.30. The van der Waals surface area contributed by atoms with Gasteiger partial charge in [0, 0.05) is 15.6 Å². The maximum absolute atomic E-state index is 6.29. The van der Waals surface area contributed by atoms with Crippen molar-refractivity contribution < 1.29 is 4.74 Å². The molecule has 1 atom stereocenters. The van der Waals surface area contributed by atoms with Gasteiger partial charge in [0.2, 0.25) is 0 Å². The Hall–Kier alpha value is -1.26. The second-order valence-electron chi connectivity index (χ2n) is 4.90. The topological polar surface area (TPSA) is 47.3 Å². The molecule has 0 heterocycles. The van der Waals surface area contributed by atoms with Crippen LogP contribution in [0.15, 0.2) is 30.3 Å². The quantitative estimate of drug-likeness (QED) is 0.655. The van der Waals surface area contributed by atoms with Crippen LogP contribution >= 0.6 is 23.2 Å². The van der Waals surface area contributed by atoms with Crippen LogP contribution in [0.2, 0.25) is 10.0 Å². The van der Waals surface area contributed by atoms with Crippen LogP contribution in [0, 0.1) is 13.8 Å². The molecule has 0 saturated heterocycles. The highest BCUT2D eigenvalue weighted by Gasteiger charge is 2.21. The fourth-order valence-electron chi connectivity index (χ4n) is 2.39. The molecule has 0 spiro atoms. The minimum absolute atomic E-state index is 0.301. The zero-order chi connectivity index (χ0) is 15.6. The summed E-state index contributed by atoms with van der Waals surface area (Å²) >= 11 is 12.4. The number of nitrogens with two attached hydrogens (primary N) is 1. The number of aryl methyl sites for hydroxylation is 1. The summed E-state index contributed by atoms with van der Waals surface area (Å²) in [4.78, 5) is 0. The van der Waals surface area contributed by atoms with Crippen LogP contribution in [0.25, 0.3) is 0 Å².